The Morgan fingerprint density at radius 3 is 1.43 bits per heavy atom. The third-order valence-corrected chi connectivity index (χ3v) is 4.78. The van der Waals surface area contributed by atoms with Gasteiger partial charge in [0.1, 0.15) is 22.7 Å². The SMILES string of the molecule is CCC(CC(C)c1ccc(OC(C)(C)C)cc1)c1ccc(OC(C)(C)C)cc1. The highest BCUT2D eigenvalue weighted by Crippen LogP contribution is 2.34. The van der Waals surface area contributed by atoms with Crippen molar-refractivity contribution >= 4 is 0 Å². The molecule has 0 bridgehead atoms. The van der Waals surface area contributed by atoms with E-state index < -0.39 is 0 Å². The molecule has 2 aromatic carbocycles. The van der Waals surface area contributed by atoms with Crippen molar-refractivity contribution < 1.29 is 9.47 Å². The Hall–Kier alpha value is -1.96. The lowest BCUT2D eigenvalue weighted by Crippen LogP contribution is -2.22. The fourth-order valence-corrected chi connectivity index (χ4v) is 3.48. The van der Waals surface area contributed by atoms with E-state index in [1.807, 2.05) is 0 Å². The molecule has 154 valence electrons. The molecule has 2 nitrogen and oxygen atoms in total. The zero-order valence-electron chi connectivity index (χ0n) is 19.0. The van der Waals surface area contributed by atoms with Gasteiger partial charge in [-0.15, -0.1) is 0 Å². The molecule has 0 aliphatic rings. The lowest BCUT2D eigenvalue weighted by Gasteiger charge is -2.24. The average Bonchev–Trinajstić information content (AvgIpc) is 2.58. The van der Waals surface area contributed by atoms with Crippen molar-refractivity contribution in [3.8, 4) is 11.5 Å². The molecule has 0 N–H and O–H groups in total. The number of hydrogen-bond donors (Lipinski definition) is 0. The van der Waals surface area contributed by atoms with Crippen molar-refractivity contribution in [2.75, 3.05) is 0 Å². The summed E-state index contributed by atoms with van der Waals surface area (Å²) in [7, 11) is 0. The summed E-state index contributed by atoms with van der Waals surface area (Å²) in [5.41, 5.74) is 2.43. The van der Waals surface area contributed by atoms with Crippen LogP contribution < -0.4 is 9.47 Å². The Morgan fingerprint density at radius 1 is 0.679 bits per heavy atom. The van der Waals surface area contributed by atoms with Crippen LogP contribution in [0.5, 0.6) is 11.5 Å². The molecule has 0 radical (unpaired) electrons. The van der Waals surface area contributed by atoms with Crippen LogP contribution in [-0.2, 0) is 0 Å². The minimum atomic E-state index is -0.164. The molecule has 0 aliphatic heterocycles. The van der Waals surface area contributed by atoms with Crippen molar-refractivity contribution in [2.24, 2.45) is 0 Å². The minimum absolute atomic E-state index is 0.163. The van der Waals surface area contributed by atoms with E-state index >= 15 is 0 Å². The van der Waals surface area contributed by atoms with Crippen LogP contribution >= 0.6 is 0 Å². The van der Waals surface area contributed by atoms with Gasteiger partial charge in [-0.1, -0.05) is 38.1 Å². The fourth-order valence-electron chi connectivity index (χ4n) is 3.48. The lowest BCUT2D eigenvalue weighted by molar-refractivity contribution is 0.130. The molecule has 2 unspecified atom stereocenters. The van der Waals surface area contributed by atoms with Crippen LogP contribution in [0, 0.1) is 0 Å². The summed E-state index contributed by atoms with van der Waals surface area (Å²) in [4.78, 5) is 0. The van der Waals surface area contributed by atoms with Crippen molar-refractivity contribution in [1.82, 2.24) is 0 Å². The quantitative estimate of drug-likeness (QED) is 0.488. The summed E-state index contributed by atoms with van der Waals surface area (Å²) in [6.07, 6.45) is 2.27. The topological polar surface area (TPSA) is 18.5 Å². The Kier molecular flexibility index (Phi) is 7.20. The van der Waals surface area contributed by atoms with Crippen LogP contribution in [0.1, 0.15) is 91.2 Å². The Bertz CT molecular complexity index is 715. The van der Waals surface area contributed by atoms with Crippen LogP contribution in [0.25, 0.3) is 0 Å². The highest BCUT2D eigenvalue weighted by Gasteiger charge is 2.17. The second kappa shape index (κ2) is 9.03. The molecule has 0 aliphatic carbocycles. The minimum Gasteiger partial charge on any atom is -0.488 e. The van der Waals surface area contributed by atoms with Crippen molar-refractivity contribution in [3.63, 3.8) is 0 Å². The van der Waals surface area contributed by atoms with E-state index in [0.717, 1.165) is 24.3 Å². The van der Waals surface area contributed by atoms with Crippen molar-refractivity contribution in [1.29, 1.82) is 0 Å². The molecular formula is C26H38O2. The first kappa shape index (κ1) is 22.3. The summed E-state index contributed by atoms with van der Waals surface area (Å²) < 4.78 is 11.9. The van der Waals surface area contributed by atoms with E-state index in [2.05, 4.69) is 104 Å². The normalized spacial score (nSPS) is 14.4. The molecule has 0 fully saturated rings. The van der Waals surface area contributed by atoms with Gasteiger partial charge < -0.3 is 9.47 Å². The molecule has 0 heterocycles. The van der Waals surface area contributed by atoms with E-state index in [-0.39, 0.29) is 11.2 Å². The average molecular weight is 383 g/mol. The monoisotopic (exact) mass is 382 g/mol. The first-order valence-corrected chi connectivity index (χ1v) is 10.5. The van der Waals surface area contributed by atoms with Crippen molar-refractivity contribution in [3.05, 3.63) is 59.7 Å². The van der Waals surface area contributed by atoms with Gasteiger partial charge in [0.15, 0.2) is 0 Å². The first-order valence-electron chi connectivity index (χ1n) is 10.5. The fraction of sp³-hybridized carbons (Fsp3) is 0.538. The number of ether oxygens (including phenoxy) is 2. The highest BCUT2D eigenvalue weighted by molar-refractivity contribution is 5.32. The van der Waals surface area contributed by atoms with Gasteiger partial charge in [-0.25, -0.2) is 0 Å². The van der Waals surface area contributed by atoms with E-state index in [1.165, 1.54) is 11.1 Å². The standard InChI is InChI=1S/C26H38O2/c1-9-20(22-12-16-24(17-13-22)28-26(6,7)8)18-19(2)21-10-14-23(15-11-21)27-25(3,4)5/h10-17,19-20H,9,18H2,1-8H3. The number of benzene rings is 2. The molecule has 0 aromatic heterocycles. The summed E-state index contributed by atoms with van der Waals surface area (Å²) >= 11 is 0. The largest absolute Gasteiger partial charge is 0.488 e. The van der Waals surface area contributed by atoms with Crippen LogP contribution in [0.3, 0.4) is 0 Å². The third-order valence-electron chi connectivity index (χ3n) is 4.78. The summed E-state index contributed by atoms with van der Waals surface area (Å²) in [6, 6.07) is 17.3. The van der Waals surface area contributed by atoms with Crippen molar-refractivity contribution in [2.45, 2.75) is 91.3 Å². The molecule has 0 spiro atoms. The lowest BCUT2D eigenvalue weighted by atomic mass is 9.84. The second-order valence-corrected chi connectivity index (χ2v) is 9.81. The van der Waals surface area contributed by atoms with Crippen LogP contribution in [-0.4, -0.2) is 11.2 Å². The molecular weight excluding hydrogens is 344 g/mol. The Balaban J connectivity index is 2.03. The van der Waals surface area contributed by atoms with Crippen LogP contribution in [0.15, 0.2) is 48.5 Å². The highest BCUT2D eigenvalue weighted by atomic mass is 16.5. The molecule has 28 heavy (non-hydrogen) atoms. The van der Waals surface area contributed by atoms with Gasteiger partial charge in [0, 0.05) is 0 Å². The summed E-state index contributed by atoms with van der Waals surface area (Å²) in [6.45, 7) is 17.1. The zero-order valence-corrected chi connectivity index (χ0v) is 19.0. The van der Waals surface area contributed by atoms with Gasteiger partial charge in [0.05, 0.1) is 0 Å². The molecule has 0 amide bonds. The van der Waals surface area contributed by atoms with Gasteiger partial charge in [-0.3, -0.25) is 0 Å². The molecule has 2 rings (SSSR count). The molecule has 0 saturated carbocycles. The van der Waals surface area contributed by atoms with E-state index in [4.69, 9.17) is 9.47 Å². The molecule has 0 saturated heterocycles. The Morgan fingerprint density at radius 2 is 1.07 bits per heavy atom. The van der Waals surface area contributed by atoms with Gasteiger partial charge in [0.2, 0.25) is 0 Å². The van der Waals surface area contributed by atoms with E-state index in [0.29, 0.717) is 11.8 Å². The molecule has 2 atom stereocenters. The maximum atomic E-state index is 5.95. The molecule has 2 heteroatoms. The third kappa shape index (κ3) is 7.22. The van der Waals surface area contributed by atoms with Crippen LogP contribution in [0.2, 0.25) is 0 Å². The van der Waals surface area contributed by atoms with Gasteiger partial charge >= 0.3 is 0 Å². The Labute approximate surface area is 172 Å². The number of hydrogen-bond acceptors (Lipinski definition) is 2. The van der Waals surface area contributed by atoms with E-state index in [9.17, 15) is 0 Å². The molecule has 2 aromatic rings. The maximum Gasteiger partial charge on any atom is 0.120 e. The summed E-state index contributed by atoms with van der Waals surface area (Å²) in [5.74, 6) is 2.92. The zero-order chi connectivity index (χ0) is 20.9. The maximum absolute atomic E-state index is 5.95. The van der Waals surface area contributed by atoms with E-state index in [1.54, 1.807) is 0 Å². The smallest absolute Gasteiger partial charge is 0.120 e. The summed E-state index contributed by atoms with van der Waals surface area (Å²) in [5, 5.41) is 0. The van der Waals surface area contributed by atoms with Crippen LogP contribution in [0.4, 0.5) is 0 Å². The van der Waals surface area contributed by atoms with Gasteiger partial charge in [-0.05, 0) is 102 Å². The number of rotatable bonds is 7. The predicted molar refractivity (Wildman–Crippen MR) is 120 cm³/mol. The first-order chi connectivity index (χ1) is 13.0. The predicted octanol–water partition coefficient (Wildman–Crippen LogP) is 7.73. The van der Waals surface area contributed by atoms with Gasteiger partial charge in [0.25, 0.3) is 0 Å². The van der Waals surface area contributed by atoms with Gasteiger partial charge in [-0.2, -0.15) is 0 Å². The second-order valence-electron chi connectivity index (χ2n) is 9.81.